The summed E-state index contributed by atoms with van der Waals surface area (Å²) in [6, 6.07) is 5.30. The van der Waals surface area contributed by atoms with Crippen molar-refractivity contribution in [2.75, 3.05) is 6.54 Å². The lowest BCUT2D eigenvalue weighted by atomic mass is 10.0. The zero-order valence-electron chi connectivity index (χ0n) is 31.9. The Labute approximate surface area is 330 Å². The Kier molecular flexibility index (Phi) is 11.4. The van der Waals surface area contributed by atoms with Crippen molar-refractivity contribution in [3.8, 4) is 5.88 Å². The van der Waals surface area contributed by atoms with Crippen molar-refractivity contribution >= 4 is 56.2 Å². The molecule has 1 aromatic carbocycles. The van der Waals surface area contributed by atoms with E-state index in [2.05, 4.69) is 20.3 Å². The van der Waals surface area contributed by atoms with Gasteiger partial charge >= 0.3 is 6.09 Å². The molecule has 2 aliphatic carbocycles. The number of para-hydroxylation sites is 2. The minimum Gasteiger partial charge on any atom is -0.471 e. The van der Waals surface area contributed by atoms with Crippen LogP contribution in [0.3, 0.4) is 0 Å². The van der Waals surface area contributed by atoms with Crippen molar-refractivity contribution in [2.45, 2.75) is 126 Å². The minimum absolute atomic E-state index is 0.0254. The van der Waals surface area contributed by atoms with Crippen molar-refractivity contribution in [1.82, 2.24) is 35.2 Å². The topological polar surface area (TPSA) is 199 Å². The number of nitrogens with zero attached hydrogens (tertiary/aromatic N) is 4. The van der Waals surface area contributed by atoms with E-state index in [1.807, 2.05) is 41.8 Å². The number of carbonyl (C=O) groups excluding carboxylic acids is 4. The fourth-order valence-electron chi connectivity index (χ4n) is 7.33. The number of sulfonamides is 1. The van der Waals surface area contributed by atoms with Gasteiger partial charge < -0.3 is 25.0 Å². The largest absolute Gasteiger partial charge is 0.471 e. The molecular formula is C39H49N7O8S2. The Morgan fingerprint density at radius 2 is 1.82 bits per heavy atom. The first-order valence-electron chi connectivity index (χ1n) is 19.4. The normalized spacial score (nSPS) is 26.5. The molecule has 4 amide bonds. The van der Waals surface area contributed by atoms with E-state index in [0.717, 1.165) is 17.8 Å². The van der Waals surface area contributed by atoms with Crippen LogP contribution in [0.4, 0.5) is 4.79 Å². The van der Waals surface area contributed by atoms with E-state index >= 15 is 0 Å². The summed E-state index contributed by atoms with van der Waals surface area (Å²) >= 11 is 1.54. The van der Waals surface area contributed by atoms with Gasteiger partial charge in [0.25, 0.3) is 5.91 Å². The molecule has 15 nitrogen and oxygen atoms in total. The predicted octanol–water partition coefficient (Wildman–Crippen LogP) is 4.12. The van der Waals surface area contributed by atoms with Crippen LogP contribution in [0.15, 0.2) is 48.0 Å². The lowest BCUT2D eigenvalue weighted by Crippen LogP contribution is -2.58. The average molecular weight is 808 g/mol. The second-order valence-corrected chi connectivity index (χ2v) is 19.0. The standard InChI is InChI=1S/C39H49N7O8S2/c1-38(2,3)54-37(50)43-30-14-8-6-4-5-7-11-24-22-39(24,36(49)45-56(51,52)26-15-16-26)44-33(47)31-21-25(23-46(31)35(30)48)53-34-29(17-18-32-40-19-20-55-32)41-27-12-9-10-13-28(27)42-34/h7,9-13,19-20,24-26,30-31H,4-6,8,14-18,21-23H2,1-3H3,(H,43,50)(H,44,47)(H,45,49)/b11-7-/t24?,25-,30-,31+,39-/m1/s1. The Balaban J connectivity index is 1.19. The van der Waals surface area contributed by atoms with Gasteiger partial charge in [-0.2, -0.15) is 0 Å². The highest BCUT2D eigenvalue weighted by atomic mass is 32.2. The van der Waals surface area contributed by atoms with Crippen LogP contribution in [0.5, 0.6) is 5.88 Å². The highest BCUT2D eigenvalue weighted by Gasteiger charge is 2.62. The first-order chi connectivity index (χ1) is 26.7. The molecule has 1 saturated heterocycles. The molecule has 0 bridgehead atoms. The third kappa shape index (κ3) is 9.31. The number of aryl methyl sites for hydroxylation is 2. The van der Waals surface area contributed by atoms with Gasteiger partial charge in [-0.3, -0.25) is 19.1 Å². The molecule has 4 heterocycles. The highest BCUT2D eigenvalue weighted by molar-refractivity contribution is 7.91. The maximum Gasteiger partial charge on any atom is 0.408 e. The summed E-state index contributed by atoms with van der Waals surface area (Å²) in [5.74, 6) is -2.07. The van der Waals surface area contributed by atoms with Gasteiger partial charge in [0.2, 0.25) is 27.7 Å². The number of fused-ring (bicyclic) bond motifs is 3. The molecule has 2 aromatic heterocycles. The quantitative estimate of drug-likeness (QED) is 0.263. The van der Waals surface area contributed by atoms with E-state index in [9.17, 15) is 27.6 Å². The number of allylic oxidation sites excluding steroid dienone is 1. The first kappa shape index (κ1) is 39.6. The van der Waals surface area contributed by atoms with Crippen LogP contribution < -0.4 is 20.1 Å². The fourth-order valence-corrected chi connectivity index (χ4v) is 9.32. The summed E-state index contributed by atoms with van der Waals surface area (Å²) in [7, 11) is -3.90. The third-order valence-electron chi connectivity index (χ3n) is 10.5. The number of amides is 4. The van der Waals surface area contributed by atoms with Crippen molar-refractivity contribution < 1.29 is 37.1 Å². The molecule has 0 radical (unpaired) electrons. The SMILES string of the molecule is CC(C)(C)OC(=O)N[C@@H]1CCCCC/C=C\C2C[C@@]2(C(=O)NS(=O)(=O)C2CC2)NC(=O)[C@@H]2C[C@@H](Oc3nc4ccccc4nc3CCc3nccs3)CN2C1=O. The van der Waals surface area contributed by atoms with Gasteiger partial charge in [0.05, 0.1) is 27.8 Å². The van der Waals surface area contributed by atoms with Gasteiger partial charge in [-0.05, 0) is 71.4 Å². The number of benzene rings is 1. The van der Waals surface area contributed by atoms with Gasteiger partial charge in [0.1, 0.15) is 35.0 Å². The summed E-state index contributed by atoms with van der Waals surface area (Å²) < 4.78 is 40.1. The summed E-state index contributed by atoms with van der Waals surface area (Å²) in [6.07, 6.45) is 9.53. The molecule has 2 aliphatic heterocycles. The summed E-state index contributed by atoms with van der Waals surface area (Å²) in [4.78, 5) is 71.3. The molecule has 56 heavy (non-hydrogen) atoms. The zero-order chi connectivity index (χ0) is 39.7. The first-order valence-corrected chi connectivity index (χ1v) is 21.8. The molecule has 0 spiro atoms. The molecule has 3 fully saturated rings. The van der Waals surface area contributed by atoms with Gasteiger partial charge in [-0.15, -0.1) is 11.3 Å². The van der Waals surface area contributed by atoms with Crippen LogP contribution in [0.2, 0.25) is 0 Å². The van der Waals surface area contributed by atoms with Crippen molar-refractivity contribution in [1.29, 1.82) is 0 Å². The maximum absolute atomic E-state index is 14.6. The van der Waals surface area contributed by atoms with E-state index in [4.69, 9.17) is 19.4 Å². The lowest BCUT2D eigenvalue weighted by molar-refractivity contribution is -0.141. The summed E-state index contributed by atoms with van der Waals surface area (Å²) in [5.41, 5.74) is -0.409. The van der Waals surface area contributed by atoms with Crippen LogP contribution in [-0.2, 0) is 42.0 Å². The highest BCUT2D eigenvalue weighted by Crippen LogP contribution is 2.46. The van der Waals surface area contributed by atoms with Gasteiger partial charge in [-0.25, -0.2) is 28.2 Å². The number of thiazole rings is 1. The smallest absolute Gasteiger partial charge is 0.408 e. The Morgan fingerprint density at radius 1 is 1.05 bits per heavy atom. The van der Waals surface area contributed by atoms with Crippen LogP contribution in [-0.4, -0.2) is 93.2 Å². The molecule has 2 saturated carbocycles. The monoisotopic (exact) mass is 807 g/mol. The molecule has 3 aromatic rings. The molecule has 17 heteroatoms. The summed E-state index contributed by atoms with van der Waals surface area (Å²) in [5, 5.41) is 7.86. The van der Waals surface area contributed by atoms with Crippen molar-refractivity contribution in [3.05, 3.63) is 58.7 Å². The molecule has 300 valence electrons. The number of rotatable bonds is 9. The Bertz CT molecular complexity index is 2100. The van der Waals surface area contributed by atoms with Gasteiger partial charge in [-0.1, -0.05) is 37.1 Å². The number of hydrogen-bond acceptors (Lipinski definition) is 12. The average Bonchev–Trinajstić information content (AvgIpc) is 4.01. The fraction of sp³-hybridized carbons (Fsp3) is 0.564. The number of aromatic nitrogens is 3. The van der Waals surface area contributed by atoms with Gasteiger partial charge in [0, 0.05) is 36.8 Å². The molecule has 3 N–H and O–H groups in total. The Morgan fingerprint density at radius 3 is 2.54 bits per heavy atom. The number of ether oxygens (including phenoxy) is 2. The maximum atomic E-state index is 14.6. The third-order valence-corrected chi connectivity index (χ3v) is 13.1. The van der Waals surface area contributed by atoms with Crippen LogP contribution in [0.1, 0.15) is 89.3 Å². The minimum atomic E-state index is -3.90. The number of alkyl carbamates (subject to hydrolysis) is 1. The van der Waals surface area contributed by atoms with E-state index in [-0.39, 0.29) is 25.3 Å². The van der Waals surface area contributed by atoms with Gasteiger partial charge in [0.15, 0.2) is 0 Å². The number of hydrogen-bond donors (Lipinski definition) is 3. The van der Waals surface area contributed by atoms with E-state index in [0.29, 0.717) is 61.7 Å². The second kappa shape index (κ2) is 16.1. The Hall–Kier alpha value is -4.64. The van der Waals surface area contributed by atoms with Crippen LogP contribution >= 0.6 is 11.3 Å². The molecular weight excluding hydrogens is 759 g/mol. The molecule has 1 unspecified atom stereocenters. The van der Waals surface area contributed by atoms with E-state index < -0.39 is 74.3 Å². The second-order valence-electron chi connectivity index (χ2n) is 16.1. The van der Waals surface area contributed by atoms with Crippen LogP contribution in [0.25, 0.3) is 11.0 Å². The van der Waals surface area contributed by atoms with E-state index in [1.165, 1.54) is 16.2 Å². The molecule has 7 rings (SSSR count). The molecule has 5 atom stereocenters. The predicted molar refractivity (Wildman–Crippen MR) is 208 cm³/mol. The lowest BCUT2D eigenvalue weighted by Gasteiger charge is -2.30. The summed E-state index contributed by atoms with van der Waals surface area (Å²) in [6.45, 7) is 5.17. The van der Waals surface area contributed by atoms with Crippen molar-refractivity contribution in [2.24, 2.45) is 5.92 Å². The zero-order valence-corrected chi connectivity index (χ0v) is 33.5. The number of nitrogens with one attached hydrogen (secondary N) is 3. The van der Waals surface area contributed by atoms with Crippen LogP contribution in [0, 0.1) is 5.92 Å². The molecule has 4 aliphatic rings. The number of carbonyl (C=O) groups is 4. The van der Waals surface area contributed by atoms with Crippen molar-refractivity contribution in [3.63, 3.8) is 0 Å². The van der Waals surface area contributed by atoms with E-state index in [1.54, 1.807) is 27.0 Å².